The SMILES string of the molecule is CC1(C)OB(c2ccc(OC(F)(F)F)c3c2CC(=O)N3)OC1(C)C. The fraction of sp³-hybridized carbons (Fsp3) is 0.533. The van der Waals surface area contributed by atoms with Crippen LogP contribution in [-0.2, 0) is 20.5 Å². The van der Waals surface area contributed by atoms with Crippen molar-refractivity contribution >= 4 is 24.2 Å². The Hall–Kier alpha value is -1.74. The van der Waals surface area contributed by atoms with Gasteiger partial charge in [0.2, 0.25) is 5.91 Å². The molecule has 2 heterocycles. The average molecular weight is 343 g/mol. The van der Waals surface area contributed by atoms with Gasteiger partial charge in [-0.2, -0.15) is 0 Å². The monoisotopic (exact) mass is 343 g/mol. The highest BCUT2D eigenvalue weighted by Crippen LogP contribution is 2.40. The Bertz CT molecular complexity index is 687. The number of nitrogens with one attached hydrogen (secondary N) is 1. The summed E-state index contributed by atoms with van der Waals surface area (Å²) in [7, 11) is -0.767. The molecule has 3 rings (SSSR count). The molecule has 0 unspecified atom stereocenters. The maximum atomic E-state index is 12.5. The van der Waals surface area contributed by atoms with Gasteiger partial charge < -0.3 is 19.4 Å². The molecule has 0 saturated carbocycles. The first-order valence-corrected chi connectivity index (χ1v) is 7.47. The van der Waals surface area contributed by atoms with E-state index in [0.717, 1.165) is 6.07 Å². The zero-order chi connectivity index (χ0) is 17.9. The van der Waals surface area contributed by atoms with Gasteiger partial charge in [-0.3, -0.25) is 4.79 Å². The fourth-order valence-corrected chi connectivity index (χ4v) is 2.71. The van der Waals surface area contributed by atoms with Crippen molar-refractivity contribution in [1.29, 1.82) is 0 Å². The second-order valence-electron chi connectivity index (χ2n) is 6.87. The van der Waals surface area contributed by atoms with E-state index in [1.807, 2.05) is 27.7 Å². The topological polar surface area (TPSA) is 56.8 Å². The molecule has 1 aromatic carbocycles. The number of benzene rings is 1. The molecule has 1 N–H and O–H groups in total. The summed E-state index contributed by atoms with van der Waals surface area (Å²) in [5.74, 6) is -0.843. The van der Waals surface area contributed by atoms with Crippen molar-refractivity contribution in [2.24, 2.45) is 0 Å². The van der Waals surface area contributed by atoms with Crippen molar-refractivity contribution in [3.8, 4) is 5.75 Å². The molecule has 9 heteroatoms. The van der Waals surface area contributed by atoms with Gasteiger partial charge >= 0.3 is 13.5 Å². The average Bonchev–Trinajstić information content (AvgIpc) is 2.86. The van der Waals surface area contributed by atoms with E-state index in [2.05, 4.69) is 10.1 Å². The molecule has 1 fully saturated rings. The molecule has 0 atom stereocenters. The minimum absolute atomic E-state index is 0.0181. The van der Waals surface area contributed by atoms with Crippen LogP contribution in [0.25, 0.3) is 0 Å². The lowest BCUT2D eigenvalue weighted by atomic mass is 9.75. The number of ether oxygens (including phenoxy) is 1. The number of halogens is 3. The fourth-order valence-electron chi connectivity index (χ4n) is 2.71. The van der Waals surface area contributed by atoms with E-state index in [9.17, 15) is 18.0 Å². The second kappa shape index (κ2) is 5.13. The minimum atomic E-state index is -4.84. The summed E-state index contributed by atoms with van der Waals surface area (Å²) in [6, 6.07) is 2.61. The van der Waals surface area contributed by atoms with E-state index < -0.39 is 36.3 Å². The van der Waals surface area contributed by atoms with Crippen LogP contribution in [0.5, 0.6) is 5.75 Å². The number of fused-ring (bicyclic) bond motifs is 1. The number of rotatable bonds is 2. The van der Waals surface area contributed by atoms with E-state index in [0.29, 0.717) is 11.0 Å². The summed E-state index contributed by atoms with van der Waals surface area (Å²) in [5.41, 5.74) is -0.245. The molecule has 24 heavy (non-hydrogen) atoms. The minimum Gasteiger partial charge on any atom is -0.404 e. The number of hydrogen-bond acceptors (Lipinski definition) is 4. The molecule has 5 nitrogen and oxygen atoms in total. The summed E-state index contributed by atoms with van der Waals surface area (Å²) in [6.07, 6.45) is -4.89. The first kappa shape index (κ1) is 17.1. The smallest absolute Gasteiger partial charge is 0.404 e. The number of amides is 1. The van der Waals surface area contributed by atoms with E-state index in [1.165, 1.54) is 6.07 Å². The first-order valence-electron chi connectivity index (χ1n) is 7.47. The lowest BCUT2D eigenvalue weighted by Crippen LogP contribution is -2.41. The number of carbonyl (C=O) groups excluding carboxylic acids is 1. The van der Waals surface area contributed by atoms with Gasteiger partial charge in [-0.1, -0.05) is 6.07 Å². The van der Waals surface area contributed by atoms with Crippen molar-refractivity contribution in [2.45, 2.75) is 51.7 Å². The van der Waals surface area contributed by atoms with Gasteiger partial charge in [0.05, 0.1) is 23.3 Å². The quantitative estimate of drug-likeness (QED) is 0.838. The van der Waals surface area contributed by atoms with E-state index >= 15 is 0 Å². The van der Waals surface area contributed by atoms with E-state index in [-0.39, 0.29) is 12.1 Å². The highest BCUT2D eigenvalue weighted by molar-refractivity contribution is 6.63. The molecule has 1 saturated heterocycles. The lowest BCUT2D eigenvalue weighted by Gasteiger charge is -2.32. The highest BCUT2D eigenvalue weighted by Gasteiger charge is 2.53. The Balaban J connectivity index is 2.00. The number of anilines is 1. The maximum absolute atomic E-state index is 12.5. The van der Waals surface area contributed by atoms with Crippen LogP contribution in [-0.4, -0.2) is 30.6 Å². The van der Waals surface area contributed by atoms with Crippen molar-refractivity contribution in [1.82, 2.24) is 0 Å². The van der Waals surface area contributed by atoms with Crippen LogP contribution in [0.1, 0.15) is 33.3 Å². The Labute approximate surface area is 137 Å². The molecule has 2 aliphatic rings. The highest BCUT2D eigenvalue weighted by atomic mass is 19.4. The number of alkyl halides is 3. The Morgan fingerprint density at radius 3 is 2.29 bits per heavy atom. The van der Waals surface area contributed by atoms with Gasteiger partial charge in [0, 0.05) is 0 Å². The Morgan fingerprint density at radius 2 is 1.75 bits per heavy atom. The summed E-state index contributed by atoms with van der Waals surface area (Å²) >= 11 is 0. The maximum Gasteiger partial charge on any atom is 0.573 e. The predicted octanol–water partition coefficient (Wildman–Crippen LogP) is 2.38. The molecule has 1 aromatic rings. The third-order valence-corrected chi connectivity index (χ3v) is 4.65. The Morgan fingerprint density at radius 1 is 1.17 bits per heavy atom. The molecule has 130 valence electrons. The van der Waals surface area contributed by atoms with E-state index in [4.69, 9.17) is 9.31 Å². The molecular formula is C15H17BF3NO4. The number of hydrogen-bond donors (Lipinski definition) is 1. The molecule has 0 aromatic heterocycles. The van der Waals surface area contributed by atoms with Gasteiger partial charge in [-0.15, -0.1) is 13.2 Å². The van der Waals surface area contributed by atoms with Gasteiger partial charge in [0.1, 0.15) is 0 Å². The molecule has 0 spiro atoms. The van der Waals surface area contributed by atoms with Gasteiger partial charge in [0.15, 0.2) is 5.75 Å². The van der Waals surface area contributed by atoms with Crippen LogP contribution in [0.3, 0.4) is 0 Å². The molecule has 1 amide bonds. The third-order valence-electron chi connectivity index (χ3n) is 4.65. The van der Waals surface area contributed by atoms with Crippen molar-refractivity contribution < 1.29 is 32.0 Å². The molecular weight excluding hydrogens is 326 g/mol. The molecule has 0 radical (unpaired) electrons. The summed E-state index contributed by atoms with van der Waals surface area (Å²) in [4.78, 5) is 11.7. The van der Waals surface area contributed by atoms with Gasteiger partial charge in [-0.05, 0) is 44.8 Å². The molecule has 2 aliphatic heterocycles. The van der Waals surface area contributed by atoms with Gasteiger partial charge in [-0.25, -0.2) is 0 Å². The van der Waals surface area contributed by atoms with Crippen LogP contribution in [0.2, 0.25) is 0 Å². The standard InChI is InChI=1S/C15H17BF3NO4/c1-13(2)14(3,4)24-16(23-13)9-5-6-10(22-15(17,18)19)12-8(9)7-11(21)20-12/h5-6H,7H2,1-4H3,(H,20,21). The van der Waals surface area contributed by atoms with E-state index in [1.54, 1.807) is 0 Å². The summed E-state index contributed by atoms with van der Waals surface area (Å²) < 4.78 is 53.4. The number of carbonyl (C=O) groups is 1. The summed E-state index contributed by atoms with van der Waals surface area (Å²) in [6.45, 7) is 7.49. The van der Waals surface area contributed by atoms with Crippen molar-refractivity contribution in [3.63, 3.8) is 0 Å². The van der Waals surface area contributed by atoms with Crippen molar-refractivity contribution in [2.75, 3.05) is 5.32 Å². The van der Waals surface area contributed by atoms with Crippen molar-refractivity contribution in [3.05, 3.63) is 17.7 Å². The van der Waals surface area contributed by atoms with Gasteiger partial charge in [0.25, 0.3) is 0 Å². The Kier molecular flexibility index (Phi) is 3.65. The first-order chi connectivity index (χ1) is 10.9. The summed E-state index contributed by atoms with van der Waals surface area (Å²) in [5, 5.41) is 2.42. The zero-order valence-electron chi connectivity index (χ0n) is 13.7. The van der Waals surface area contributed by atoms with Crippen LogP contribution in [0, 0.1) is 0 Å². The predicted molar refractivity (Wildman–Crippen MR) is 81.2 cm³/mol. The third kappa shape index (κ3) is 2.86. The largest absolute Gasteiger partial charge is 0.573 e. The molecule has 0 bridgehead atoms. The van der Waals surface area contributed by atoms with Crippen LogP contribution in [0.15, 0.2) is 12.1 Å². The van der Waals surface area contributed by atoms with Crippen LogP contribution < -0.4 is 15.5 Å². The zero-order valence-corrected chi connectivity index (χ0v) is 13.7. The van der Waals surface area contributed by atoms with Crippen LogP contribution in [0.4, 0.5) is 18.9 Å². The second-order valence-corrected chi connectivity index (χ2v) is 6.87. The normalized spacial score (nSPS) is 21.6. The van der Waals surface area contributed by atoms with Crippen LogP contribution >= 0.6 is 0 Å². The molecule has 0 aliphatic carbocycles. The lowest BCUT2D eigenvalue weighted by molar-refractivity contribution is -0.274.